The standard InChI is InChI=1S/C22H18N2O3/c1-3-15-8-10-16(11-9-15)21-23-19(22(26)27-21)12-17-13-24(14(2)25)20-7-5-4-6-18(17)20/h4-13H,3H2,1-2H3. The Morgan fingerprint density at radius 2 is 1.89 bits per heavy atom. The number of hydrogen-bond donors (Lipinski definition) is 0. The van der Waals surface area contributed by atoms with Gasteiger partial charge in [0.05, 0.1) is 5.52 Å². The number of para-hydroxylation sites is 1. The Kier molecular flexibility index (Phi) is 4.20. The number of carbonyl (C=O) groups excluding carboxylic acids is 2. The lowest BCUT2D eigenvalue weighted by atomic mass is 10.1. The molecule has 134 valence electrons. The number of aryl methyl sites for hydroxylation is 1. The molecule has 0 atom stereocenters. The summed E-state index contributed by atoms with van der Waals surface area (Å²) in [6.45, 7) is 3.59. The Bertz CT molecular complexity index is 1120. The van der Waals surface area contributed by atoms with Crippen molar-refractivity contribution in [3.63, 3.8) is 0 Å². The van der Waals surface area contributed by atoms with E-state index < -0.39 is 5.97 Å². The van der Waals surface area contributed by atoms with E-state index in [1.165, 1.54) is 12.5 Å². The summed E-state index contributed by atoms with van der Waals surface area (Å²) in [7, 11) is 0. The summed E-state index contributed by atoms with van der Waals surface area (Å²) in [4.78, 5) is 28.5. The van der Waals surface area contributed by atoms with E-state index in [9.17, 15) is 9.59 Å². The van der Waals surface area contributed by atoms with E-state index in [4.69, 9.17) is 4.74 Å². The smallest absolute Gasteiger partial charge is 0.363 e. The van der Waals surface area contributed by atoms with E-state index in [0.717, 1.165) is 28.5 Å². The Hall–Kier alpha value is -3.47. The van der Waals surface area contributed by atoms with Crippen molar-refractivity contribution in [2.45, 2.75) is 20.3 Å². The first-order valence-corrected chi connectivity index (χ1v) is 8.79. The quantitative estimate of drug-likeness (QED) is 0.520. The molecule has 1 aliphatic heterocycles. The zero-order chi connectivity index (χ0) is 19.0. The van der Waals surface area contributed by atoms with Gasteiger partial charge < -0.3 is 4.74 Å². The van der Waals surface area contributed by atoms with Crippen LogP contribution in [-0.2, 0) is 16.0 Å². The van der Waals surface area contributed by atoms with Gasteiger partial charge in [-0.05, 0) is 36.3 Å². The van der Waals surface area contributed by atoms with Gasteiger partial charge in [0.1, 0.15) is 0 Å². The Balaban J connectivity index is 1.75. The minimum Gasteiger partial charge on any atom is -0.402 e. The molecule has 3 aromatic rings. The van der Waals surface area contributed by atoms with Crippen LogP contribution in [0.1, 0.15) is 35.3 Å². The minimum absolute atomic E-state index is 0.0925. The molecule has 5 nitrogen and oxygen atoms in total. The molecule has 0 unspecified atom stereocenters. The molecule has 0 saturated heterocycles. The van der Waals surface area contributed by atoms with E-state index in [2.05, 4.69) is 11.9 Å². The predicted octanol–water partition coefficient (Wildman–Crippen LogP) is 4.21. The highest BCUT2D eigenvalue weighted by Crippen LogP contribution is 2.26. The summed E-state index contributed by atoms with van der Waals surface area (Å²) in [6, 6.07) is 15.3. The SMILES string of the molecule is CCc1ccc(C2=NC(=Cc3cn(C(C)=O)c4ccccc34)C(=O)O2)cc1. The first-order valence-electron chi connectivity index (χ1n) is 8.79. The van der Waals surface area contributed by atoms with Gasteiger partial charge >= 0.3 is 5.97 Å². The number of ether oxygens (including phenoxy) is 1. The van der Waals surface area contributed by atoms with Gasteiger partial charge in [-0.2, -0.15) is 0 Å². The second-order valence-corrected chi connectivity index (χ2v) is 6.38. The molecule has 0 bridgehead atoms. The van der Waals surface area contributed by atoms with Crippen molar-refractivity contribution < 1.29 is 14.3 Å². The van der Waals surface area contributed by atoms with Gasteiger partial charge in [0.2, 0.25) is 11.8 Å². The average molecular weight is 358 g/mol. The highest BCUT2D eigenvalue weighted by molar-refractivity contribution is 6.13. The molecule has 2 heterocycles. The molecule has 0 saturated carbocycles. The summed E-state index contributed by atoms with van der Waals surface area (Å²) in [5, 5.41) is 0.879. The summed E-state index contributed by atoms with van der Waals surface area (Å²) in [5.74, 6) is -0.293. The van der Waals surface area contributed by atoms with Gasteiger partial charge in [0, 0.05) is 29.6 Å². The highest BCUT2D eigenvalue weighted by atomic mass is 16.6. The molecule has 27 heavy (non-hydrogen) atoms. The minimum atomic E-state index is -0.496. The Morgan fingerprint density at radius 3 is 2.59 bits per heavy atom. The van der Waals surface area contributed by atoms with Crippen molar-refractivity contribution in [1.29, 1.82) is 0 Å². The van der Waals surface area contributed by atoms with Crippen LogP contribution >= 0.6 is 0 Å². The fourth-order valence-electron chi connectivity index (χ4n) is 3.14. The van der Waals surface area contributed by atoms with E-state index in [0.29, 0.717) is 5.90 Å². The molecule has 5 heteroatoms. The van der Waals surface area contributed by atoms with Crippen molar-refractivity contribution in [2.24, 2.45) is 4.99 Å². The zero-order valence-corrected chi connectivity index (χ0v) is 15.1. The molecule has 1 aliphatic rings. The maximum absolute atomic E-state index is 12.3. The number of carbonyl (C=O) groups is 2. The van der Waals surface area contributed by atoms with E-state index in [-0.39, 0.29) is 11.6 Å². The summed E-state index contributed by atoms with van der Waals surface area (Å²) in [6.07, 6.45) is 4.33. The van der Waals surface area contributed by atoms with Crippen LogP contribution in [0.3, 0.4) is 0 Å². The molecule has 0 fully saturated rings. The maximum atomic E-state index is 12.3. The molecule has 4 rings (SSSR count). The van der Waals surface area contributed by atoms with Crippen LogP contribution in [0.4, 0.5) is 0 Å². The van der Waals surface area contributed by atoms with Gasteiger partial charge in [0.15, 0.2) is 5.70 Å². The number of nitrogens with zero attached hydrogens (tertiary/aromatic N) is 2. The fourth-order valence-corrected chi connectivity index (χ4v) is 3.14. The summed E-state index contributed by atoms with van der Waals surface area (Å²) in [5.41, 5.74) is 3.73. The third kappa shape index (κ3) is 3.08. The normalized spacial score (nSPS) is 15.3. The highest BCUT2D eigenvalue weighted by Gasteiger charge is 2.24. The van der Waals surface area contributed by atoms with Crippen molar-refractivity contribution in [2.75, 3.05) is 0 Å². The predicted molar refractivity (Wildman–Crippen MR) is 105 cm³/mol. The molecule has 1 aromatic heterocycles. The lowest BCUT2D eigenvalue weighted by Gasteiger charge is -2.00. The van der Waals surface area contributed by atoms with Gasteiger partial charge in [0.25, 0.3) is 0 Å². The first kappa shape index (κ1) is 17.0. The fraction of sp³-hybridized carbons (Fsp3) is 0.136. The van der Waals surface area contributed by atoms with Crippen LogP contribution in [0.2, 0.25) is 0 Å². The topological polar surface area (TPSA) is 60.7 Å². The Morgan fingerprint density at radius 1 is 1.15 bits per heavy atom. The largest absolute Gasteiger partial charge is 0.402 e. The van der Waals surface area contributed by atoms with Crippen LogP contribution in [0, 0.1) is 0 Å². The van der Waals surface area contributed by atoms with Crippen LogP contribution in [0.5, 0.6) is 0 Å². The number of aromatic nitrogens is 1. The van der Waals surface area contributed by atoms with Gasteiger partial charge in [-0.3, -0.25) is 9.36 Å². The van der Waals surface area contributed by atoms with Crippen LogP contribution in [0.15, 0.2) is 65.4 Å². The lowest BCUT2D eigenvalue weighted by molar-refractivity contribution is -0.129. The molecule has 0 spiro atoms. The van der Waals surface area contributed by atoms with Gasteiger partial charge in [-0.15, -0.1) is 0 Å². The number of esters is 1. The molecular formula is C22H18N2O3. The lowest BCUT2D eigenvalue weighted by Crippen LogP contribution is -2.05. The first-order chi connectivity index (χ1) is 13.1. The molecular weight excluding hydrogens is 340 g/mol. The summed E-state index contributed by atoms with van der Waals surface area (Å²) >= 11 is 0. The van der Waals surface area contributed by atoms with E-state index in [1.807, 2.05) is 48.5 Å². The third-order valence-electron chi connectivity index (χ3n) is 4.60. The number of aliphatic imine (C=N–C) groups is 1. The van der Waals surface area contributed by atoms with Crippen molar-refractivity contribution >= 4 is 34.8 Å². The Labute approximate surface area is 156 Å². The van der Waals surface area contributed by atoms with E-state index in [1.54, 1.807) is 16.8 Å². The molecule has 2 aromatic carbocycles. The van der Waals surface area contributed by atoms with E-state index >= 15 is 0 Å². The van der Waals surface area contributed by atoms with Crippen molar-refractivity contribution in [3.05, 3.63) is 77.1 Å². The molecule has 0 N–H and O–H groups in total. The third-order valence-corrected chi connectivity index (χ3v) is 4.60. The van der Waals surface area contributed by atoms with Crippen molar-refractivity contribution in [3.8, 4) is 0 Å². The molecule has 0 radical (unpaired) electrons. The van der Waals surface area contributed by atoms with Crippen LogP contribution in [0.25, 0.3) is 17.0 Å². The zero-order valence-electron chi connectivity index (χ0n) is 15.1. The monoisotopic (exact) mass is 358 g/mol. The maximum Gasteiger partial charge on any atom is 0.363 e. The number of fused-ring (bicyclic) bond motifs is 1. The van der Waals surface area contributed by atoms with Crippen LogP contribution in [-0.4, -0.2) is 22.3 Å². The van der Waals surface area contributed by atoms with Crippen LogP contribution < -0.4 is 0 Å². The summed E-state index contributed by atoms with van der Waals surface area (Å²) < 4.78 is 6.91. The molecule has 0 amide bonds. The number of rotatable bonds is 3. The van der Waals surface area contributed by atoms with Gasteiger partial charge in [-0.1, -0.05) is 37.3 Å². The average Bonchev–Trinajstić information content (AvgIpc) is 3.23. The van der Waals surface area contributed by atoms with Crippen molar-refractivity contribution in [1.82, 2.24) is 4.57 Å². The number of benzene rings is 2. The molecule has 0 aliphatic carbocycles. The second-order valence-electron chi connectivity index (χ2n) is 6.38. The second kappa shape index (κ2) is 6.68. The number of hydrogen-bond acceptors (Lipinski definition) is 4. The van der Waals surface area contributed by atoms with Gasteiger partial charge in [-0.25, -0.2) is 9.79 Å². The number of cyclic esters (lactones) is 1.